The van der Waals surface area contributed by atoms with Crippen LogP contribution >= 0.6 is 0 Å². The highest BCUT2D eigenvalue weighted by atomic mass is 16.4. The number of aliphatic hydroxyl groups is 1. The standard InChI is InChI=1S/C10H19N3O5/c1-6(14)8(9(16)17)13-10(18)12-5-3-2-4-7(11)15/h6,8,14H,2-5H2,1H3,(H2,11,15)(H,16,17)(H2,12,13,18)/t6-,8+/m1/s1. The molecular formula is C10H19N3O5. The first-order valence-electron chi connectivity index (χ1n) is 5.58. The molecule has 0 bridgehead atoms. The lowest BCUT2D eigenvalue weighted by Gasteiger charge is -2.17. The van der Waals surface area contributed by atoms with Gasteiger partial charge in [-0.2, -0.15) is 0 Å². The van der Waals surface area contributed by atoms with E-state index in [0.717, 1.165) is 0 Å². The number of urea groups is 1. The molecule has 8 heteroatoms. The number of carboxylic acids is 1. The number of nitrogens with one attached hydrogen (secondary N) is 2. The SMILES string of the molecule is C[C@@H](O)[C@H](NC(=O)NCCCCC(N)=O)C(=O)O. The van der Waals surface area contributed by atoms with E-state index in [1.54, 1.807) is 0 Å². The Bertz CT molecular complexity index is 306. The third-order valence-electron chi connectivity index (χ3n) is 2.17. The van der Waals surface area contributed by atoms with Crippen LogP contribution in [0.4, 0.5) is 4.79 Å². The van der Waals surface area contributed by atoms with E-state index >= 15 is 0 Å². The number of aliphatic carboxylic acids is 1. The lowest BCUT2D eigenvalue weighted by Crippen LogP contribution is -2.51. The fraction of sp³-hybridized carbons (Fsp3) is 0.700. The van der Waals surface area contributed by atoms with E-state index in [-0.39, 0.29) is 6.42 Å². The van der Waals surface area contributed by atoms with Gasteiger partial charge < -0.3 is 26.6 Å². The number of amides is 3. The van der Waals surface area contributed by atoms with Crippen molar-refractivity contribution in [2.24, 2.45) is 5.73 Å². The number of carbonyl (C=O) groups is 3. The Morgan fingerprint density at radius 3 is 2.33 bits per heavy atom. The smallest absolute Gasteiger partial charge is 0.328 e. The molecule has 8 nitrogen and oxygen atoms in total. The Kier molecular flexibility index (Phi) is 7.45. The van der Waals surface area contributed by atoms with Gasteiger partial charge in [0.2, 0.25) is 5.91 Å². The second kappa shape index (κ2) is 8.29. The molecule has 0 aliphatic heterocycles. The van der Waals surface area contributed by atoms with Crippen LogP contribution in [-0.4, -0.2) is 46.8 Å². The molecule has 0 fully saturated rings. The summed E-state index contributed by atoms with van der Waals surface area (Å²) in [7, 11) is 0. The highest BCUT2D eigenvalue weighted by Crippen LogP contribution is 1.94. The molecule has 0 aromatic carbocycles. The molecule has 0 unspecified atom stereocenters. The Hall–Kier alpha value is -1.83. The number of primary amides is 1. The quantitative estimate of drug-likeness (QED) is 0.348. The summed E-state index contributed by atoms with van der Waals surface area (Å²) in [6.07, 6.45) is 0.161. The van der Waals surface area contributed by atoms with E-state index < -0.39 is 30.1 Å². The predicted molar refractivity (Wildman–Crippen MR) is 62.7 cm³/mol. The number of nitrogens with two attached hydrogens (primary N) is 1. The summed E-state index contributed by atoms with van der Waals surface area (Å²) in [6.45, 7) is 1.57. The van der Waals surface area contributed by atoms with Gasteiger partial charge in [0.1, 0.15) is 0 Å². The molecule has 0 spiro atoms. The minimum absolute atomic E-state index is 0.245. The summed E-state index contributed by atoms with van der Waals surface area (Å²) in [5.74, 6) is -1.71. The van der Waals surface area contributed by atoms with Crippen molar-refractivity contribution in [2.45, 2.75) is 38.3 Å². The van der Waals surface area contributed by atoms with Crippen molar-refractivity contribution in [1.82, 2.24) is 10.6 Å². The van der Waals surface area contributed by atoms with E-state index in [4.69, 9.17) is 15.9 Å². The molecule has 6 N–H and O–H groups in total. The minimum Gasteiger partial charge on any atom is -0.480 e. The highest BCUT2D eigenvalue weighted by Gasteiger charge is 2.24. The Labute approximate surface area is 105 Å². The molecule has 0 rings (SSSR count). The van der Waals surface area contributed by atoms with Crippen LogP contribution in [0, 0.1) is 0 Å². The Morgan fingerprint density at radius 2 is 1.89 bits per heavy atom. The normalized spacial score (nSPS) is 13.4. The minimum atomic E-state index is -1.35. The zero-order valence-electron chi connectivity index (χ0n) is 10.2. The number of carbonyl (C=O) groups excluding carboxylic acids is 2. The van der Waals surface area contributed by atoms with Crippen molar-refractivity contribution in [3.05, 3.63) is 0 Å². The lowest BCUT2D eigenvalue weighted by molar-refractivity contribution is -0.141. The molecule has 0 heterocycles. The van der Waals surface area contributed by atoms with Gasteiger partial charge in [-0.15, -0.1) is 0 Å². The van der Waals surface area contributed by atoms with E-state index in [1.165, 1.54) is 6.92 Å². The van der Waals surface area contributed by atoms with Crippen molar-refractivity contribution in [1.29, 1.82) is 0 Å². The van der Waals surface area contributed by atoms with Gasteiger partial charge in [0.05, 0.1) is 6.10 Å². The number of hydrogen-bond donors (Lipinski definition) is 5. The molecule has 3 amide bonds. The zero-order chi connectivity index (χ0) is 14.1. The van der Waals surface area contributed by atoms with E-state index in [2.05, 4.69) is 10.6 Å². The van der Waals surface area contributed by atoms with Gasteiger partial charge in [0.25, 0.3) is 0 Å². The molecule has 0 aliphatic rings. The van der Waals surface area contributed by atoms with Gasteiger partial charge in [-0.3, -0.25) is 4.79 Å². The number of aliphatic hydroxyl groups excluding tert-OH is 1. The average molecular weight is 261 g/mol. The second-order valence-electron chi connectivity index (χ2n) is 3.88. The van der Waals surface area contributed by atoms with Crippen LogP contribution in [0.15, 0.2) is 0 Å². The van der Waals surface area contributed by atoms with Gasteiger partial charge in [0.15, 0.2) is 6.04 Å². The van der Waals surface area contributed by atoms with Crippen LogP contribution in [0.1, 0.15) is 26.2 Å². The van der Waals surface area contributed by atoms with Crippen molar-refractivity contribution < 1.29 is 24.6 Å². The fourth-order valence-corrected chi connectivity index (χ4v) is 1.21. The summed E-state index contributed by atoms with van der Waals surface area (Å²) in [6, 6.07) is -2.03. The van der Waals surface area contributed by atoms with Gasteiger partial charge >= 0.3 is 12.0 Å². The molecule has 0 saturated heterocycles. The van der Waals surface area contributed by atoms with Gasteiger partial charge in [-0.25, -0.2) is 9.59 Å². The lowest BCUT2D eigenvalue weighted by atomic mass is 10.2. The number of carboxylic acid groups (broad SMARTS) is 1. The van der Waals surface area contributed by atoms with Gasteiger partial charge in [0, 0.05) is 13.0 Å². The number of rotatable bonds is 8. The summed E-state index contributed by atoms with van der Waals surface area (Å²) < 4.78 is 0. The first-order chi connectivity index (χ1) is 8.34. The van der Waals surface area contributed by atoms with Crippen LogP contribution in [0.3, 0.4) is 0 Å². The molecular weight excluding hydrogens is 242 g/mol. The molecule has 0 aromatic rings. The molecule has 0 radical (unpaired) electrons. The fourth-order valence-electron chi connectivity index (χ4n) is 1.21. The molecule has 104 valence electrons. The summed E-state index contributed by atoms with van der Waals surface area (Å²) in [5, 5.41) is 22.4. The zero-order valence-corrected chi connectivity index (χ0v) is 10.2. The van der Waals surface area contributed by atoms with Crippen molar-refractivity contribution >= 4 is 17.9 Å². The van der Waals surface area contributed by atoms with Crippen LogP contribution in [0.25, 0.3) is 0 Å². The van der Waals surface area contributed by atoms with E-state index in [0.29, 0.717) is 19.4 Å². The average Bonchev–Trinajstić information content (AvgIpc) is 2.24. The maximum atomic E-state index is 11.3. The summed E-state index contributed by atoms with van der Waals surface area (Å²) in [5.41, 5.74) is 4.94. The maximum Gasteiger partial charge on any atom is 0.328 e. The molecule has 0 saturated carbocycles. The first kappa shape index (κ1) is 16.2. The van der Waals surface area contributed by atoms with Crippen molar-refractivity contribution in [3.63, 3.8) is 0 Å². The third-order valence-corrected chi connectivity index (χ3v) is 2.17. The molecule has 2 atom stereocenters. The van der Waals surface area contributed by atoms with E-state index in [9.17, 15) is 14.4 Å². The number of hydrogen-bond acceptors (Lipinski definition) is 4. The van der Waals surface area contributed by atoms with Gasteiger partial charge in [-0.1, -0.05) is 0 Å². The van der Waals surface area contributed by atoms with Crippen molar-refractivity contribution in [2.75, 3.05) is 6.54 Å². The molecule has 0 aromatic heterocycles. The van der Waals surface area contributed by atoms with Crippen molar-refractivity contribution in [3.8, 4) is 0 Å². The Balaban J connectivity index is 3.82. The third kappa shape index (κ3) is 7.44. The van der Waals surface area contributed by atoms with Crippen LogP contribution in [-0.2, 0) is 9.59 Å². The topological polar surface area (TPSA) is 142 Å². The monoisotopic (exact) mass is 261 g/mol. The Morgan fingerprint density at radius 1 is 1.28 bits per heavy atom. The van der Waals surface area contributed by atoms with Crippen LogP contribution in [0.2, 0.25) is 0 Å². The highest BCUT2D eigenvalue weighted by molar-refractivity contribution is 5.82. The largest absolute Gasteiger partial charge is 0.480 e. The predicted octanol–water partition coefficient (Wildman–Crippen LogP) is -1.22. The van der Waals surface area contributed by atoms with Crippen LogP contribution < -0.4 is 16.4 Å². The van der Waals surface area contributed by atoms with E-state index in [1.807, 2.05) is 0 Å². The first-order valence-corrected chi connectivity index (χ1v) is 5.58. The molecule has 0 aliphatic carbocycles. The van der Waals surface area contributed by atoms with Gasteiger partial charge in [-0.05, 0) is 19.8 Å². The maximum absolute atomic E-state index is 11.3. The number of unbranched alkanes of at least 4 members (excludes halogenated alkanes) is 1. The summed E-state index contributed by atoms with van der Waals surface area (Å²) in [4.78, 5) is 32.4. The van der Waals surface area contributed by atoms with Crippen LogP contribution in [0.5, 0.6) is 0 Å². The second-order valence-corrected chi connectivity index (χ2v) is 3.88. The summed E-state index contributed by atoms with van der Waals surface area (Å²) >= 11 is 0. The molecule has 18 heavy (non-hydrogen) atoms.